The van der Waals surface area contributed by atoms with Gasteiger partial charge in [-0.25, -0.2) is 0 Å². The Labute approximate surface area is 147 Å². The first-order chi connectivity index (χ1) is 11.1. The Morgan fingerprint density at radius 2 is 2.13 bits per heavy atom. The molecule has 3 rings (SSSR count). The van der Waals surface area contributed by atoms with Gasteiger partial charge in [-0.1, -0.05) is 12.1 Å². The number of para-hydroxylation sites is 2. The van der Waals surface area contributed by atoms with Gasteiger partial charge in [0.25, 0.3) is 0 Å². The molecule has 2 heterocycles. The van der Waals surface area contributed by atoms with Gasteiger partial charge in [-0.3, -0.25) is 4.79 Å². The number of hydrogen-bond acceptors (Lipinski definition) is 4. The molecule has 1 atom stereocenters. The highest BCUT2D eigenvalue weighted by Gasteiger charge is 2.22. The molecule has 1 aliphatic heterocycles. The predicted molar refractivity (Wildman–Crippen MR) is 95.0 cm³/mol. The molecule has 2 aromatic rings. The fraction of sp³-hybridized carbons (Fsp3) is 0.235. The number of nitrogens with zero attached hydrogens (tertiary/aromatic N) is 1. The smallest absolute Gasteiger partial charge is 0.246 e. The molecule has 1 aromatic heterocycles. The van der Waals surface area contributed by atoms with Crippen molar-refractivity contribution in [2.75, 3.05) is 20.2 Å². The summed E-state index contributed by atoms with van der Waals surface area (Å²) in [5, 5.41) is 0. The highest BCUT2D eigenvalue weighted by Crippen LogP contribution is 2.31. The fourth-order valence-electron chi connectivity index (χ4n) is 2.25. The van der Waals surface area contributed by atoms with E-state index in [1.54, 1.807) is 29.4 Å². The van der Waals surface area contributed by atoms with Crippen LogP contribution in [0.1, 0.15) is 4.88 Å². The summed E-state index contributed by atoms with van der Waals surface area (Å²) in [5.74, 6) is 1.42. The molecule has 0 saturated carbocycles. The van der Waals surface area contributed by atoms with Gasteiger partial charge in [-0.05, 0) is 46.3 Å². The van der Waals surface area contributed by atoms with Crippen molar-refractivity contribution >= 4 is 39.2 Å². The second kappa shape index (κ2) is 7.19. The van der Waals surface area contributed by atoms with E-state index in [1.807, 2.05) is 42.5 Å². The predicted octanol–water partition coefficient (Wildman–Crippen LogP) is 3.82. The van der Waals surface area contributed by atoms with E-state index in [0.717, 1.165) is 20.2 Å². The Bertz CT molecular complexity index is 728. The number of ether oxygens (including phenoxy) is 2. The van der Waals surface area contributed by atoms with Crippen molar-refractivity contribution in [3.05, 3.63) is 51.1 Å². The minimum absolute atomic E-state index is 0.0584. The van der Waals surface area contributed by atoms with E-state index >= 15 is 0 Å². The largest absolute Gasteiger partial charge is 0.486 e. The van der Waals surface area contributed by atoms with E-state index < -0.39 is 0 Å². The number of rotatable bonds is 4. The third-order valence-corrected chi connectivity index (χ3v) is 4.99. The second-order valence-electron chi connectivity index (χ2n) is 5.19. The first-order valence-corrected chi connectivity index (χ1v) is 8.80. The summed E-state index contributed by atoms with van der Waals surface area (Å²) in [6.07, 6.45) is 3.24. The lowest BCUT2D eigenvalue weighted by molar-refractivity contribution is -0.126. The first kappa shape index (κ1) is 16.1. The SMILES string of the molecule is CN(CC1COc2ccccc2O1)C(=O)/C=C/c1ccc(Br)s1. The summed E-state index contributed by atoms with van der Waals surface area (Å²) >= 11 is 4.99. The lowest BCUT2D eigenvalue weighted by Gasteiger charge is -2.29. The lowest BCUT2D eigenvalue weighted by Crippen LogP contribution is -2.41. The molecule has 0 radical (unpaired) electrons. The Balaban J connectivity index is 1.56. The van der Waals surface area contributed by atoms with Crippen molar-refractivity contribution in [3.63, 3.8) is 0 Å². The number of likely N-dealkylation sites (N-methyl/N-ethyl adjacent to an activating group) is 1. The van der Waals surface area contributed by atoms with Gasteiger partial charge in [0.1, 0.15) is 6.61 Å². The Hall–Kier alpha value is -1.79. The average molecular weight is 394 g/mol. The summed E-state index contributed by atoms with van der Waals surface area (Å²) < 4.78 is 12.6. The molecule has 0 saturated heterocycles. The van der Waals surface area contributed by atoms with Crippen molar-refractivity contribution in [2.24, 2.45) is 0 Å². The zero-order valence-electron chi connectivity index (χ0n) is 12.6. The van der Waals surface area contributed by atoms with Gasteiger partial charge < -0.3 is 14.4 Å². The van der Waals surface area contributed by atoms with Gasteiger partial charge in [0.2, 0.25) is 5.91 Å². The topological polar surface area (TPSA) is 38.8 Å². The van der Waals surface area contributed by atoms with E-state index in [4.69, 9.17) is 9.47 Å². The van der Waals surface area contributed by atoms with E-state index in [-0.39, 0.29) is 12.0 Å². The number of benzene rings is 1. The van der Waals surface area contributed by atoms with Crippen LogP contribution in [0.5, 0.6) is 11.5 Å². The van der Waals surface area contributed by atoms with Gasteiger partial charge in [0.15, 0.2) is 17.6 Å². The maximum absolute atomic E-state index is 12.2. The molecule has 1 aromatic carbocycles. The molecule has 1 unspecified atom stereocenters. The number of fused-ring (bicyclic) bond motifs is 1. The second-order valence-corrected chi connectivity index (χ2v) is 7.69. The molecule has 1 amide bonds. The van der Waals surface area contributed by atoms with Crippen LogP contribution in [0.4, 0.5) is 0 Å². The lowest BCUT2D eigenvalue weighted by atomic mass is 10.2. The van der Waals surface area contributed by atoms with Crippen molar-refractivity contribution in [1.82, 2.24) is 4.90 Å². The quantitative estimate of drug-likeness (QED) is 0.741. The molecule has 0 aliphatic carbocycles. The van der Waals surface area contributed by atoms with Gasteiger partial charge >= 0.3 is 0 Å². The average Bonchev–Trinajstić information content (AvgIpc) is 2.98. The third-order valence-electron chi connectivity index (χ3n) is 3.41. The van der Waals surface area contributed by atoms with Crippen molar-refractivity contribution in [2.45, 2.75) is 6.10 Å². The van der Waals surface area contributed by atoms with E-state index in [9.17, 15) is 4.79 Å². The summed E-state index contributed by atoms with van der Waals surface area (Å²) in [6.45, 7) is 0.919. The van der Waals surface area contributed by atoms with Crippen molar-refractivity contribution < 1.29 is 14.3 Å². The standard InChI is InChI=1S/C17H16BrNO3S/c1-19(17(20)9-7-13-6-8-16(18)23-13)10-12-11-21-14-4-2-3-5-15(14)22-12/h2-9,12H,10-11H2,1H3/b9-7+. The van der Waals surface area contributed by atoms with Crippen LogP contribution >= 0.6 is 27.3 Å². The van der Waals surface area contributed by atoms with Crippen molar-refractivity contribution in [1.29, 1.82) is 0 Å². The number of amides is 1. The van der Waals surface area contributed by atoms with Crippen LogP contribution in [0.25, 0.3) is 6.08 Å². The summed E-state index contributed by atoms with van der Waals surface area (Å²) in [7, 11) is 1.76. The van der Waals surface area contributed by atoms with Gasteiger partial charge in [-0.15, -0.1) is 11.3 Å². The maximum atomic E-state index is 12.2. The molecule has 0 bridgehead atoms. The fourth-order valence-corrected chi connectivity index (χ4v) is 3.57. The molecule has 0 spiro atoms. The summed E-state index contributed by atoms with van der Waals surface area (Å²) in [5.41, 5.74) is 0. The summed E-state index contributed by atoms with van der Waals surface area (Å²) in [4.78, 5) is 14.9. The third kappa shape index (κ3) is 4.14. The van der Waals surface area contributed by atoms with Crippen LogP contribution in [0.2, 0.25) is 0 Å². The molecule has 4 nitrogen and oxygen atoms in total. The molecule has 120 valence electrons. The van der Waals surface area contributed by atoms with Gasteiger partial charge in [0.05, 0.1) is 10.3 Å². The number of carbonyl (C=O) groups excluding carboxylic acids is 1. The maximum Gasteiger partial charge on any atom is 0.246 e. The number of carbonyl (C=O) groups is 1. The molecular formula is C17H16BrNO3S. The Morgan fingerprint density at radius 3 is 2.87 bits per heavy atom. The van der Waals surface area contributed by atoms with Crippen LogP contribution < -0.4 is 9.47 Å². The van der Waals surface area contributed by atoms with Gasteiger partial charge in [0, 0.05) is 18.0 Å². The minimum Gasteiger partial charge on any atom is -0.486 e. The number of hydrogen-bond donors (Lipinski definition) is 0. The van der Waals surface area contributed by atoms with E-state index in [1.165, 1.54) is 0 Å². The highest BCUT2D eigenvalue weighted by molar-refractivity contribution is 9.11. The highest BCUT2D eigenvalue weighted by atomic mass is 79.9. The summed E-state index contributed by atoms with van der Waals surface area (Å²) in [6, 6.07) is 11.5. The normalized spacial score (nSPS) is 16.5. The molecule has 23 heavy (non-hydrogen) atoms. The monoisotopic (exact) mass is 393 g/mol. The van der Waals surface area contributed by atoms with Crippen LogP contribution in [-0.4, -0.2) is 37.1 Å². The zero-order valence-corrected chi connectivity index (χ0v) is 15.0. The van der Waals surface area contributed by atoms with Crippen LogP contribution in [0.3, 0.4) is 0 Å². The van der Waals surface area contributed by atoms with Gasteiger partial charge in [-0.2, -0.15) is 0 Å². The molecule has 0 N–H and O–H groups in total. The molecule has 1 aliphatic rings. The van der Waals surface area contributed by atoms with E-state index in [0.29, 0.717) is 13.2 Å². The van der Waals surface area contributed by atoms with Crippen molar-refractivity contribution in [3.8, 4) is 11.5 Å². The Kier molecular flexibility index (Phi) is 5.03. The van der Waals surface area contributed by atoms with Crippen LogP contribution in [0, 0.1) is 0 Å². The molecular weight excluding hydrogens is 378 g/mol. The minimum atomic E-state index is -0.164. The number of halogens is 1. The van der Waals surface area contributed by atoms with Crippen LogP contribution in [-0.2, 0) is 4.79 Å². The number of thiophene rings is 1. The Morgan fingerprint density at radius 1 is 1.35 bits per heavy atom. The molecule has 0 fully saturated rings. The zero-order chi connectivity index (χ0) is 16.2. The molecule has 6 heteroatoms. The first-order valence-electron chi connectivity index (χ1n) is 7.19. The van der Waals surface area contributed by atoms with E-state index in [2.05, 4.69) is 15.9 Å². The van der Waals surface area contributed by atoms with Crippen LogP contribution in [0.15, 0.2) is 46.3 Å².